The summed E-state index contributed by atoms with van der Waals surface area (Å²) in [5.41, 5.74) is 0. The Hall–Kier alpha value is -1.81. The number of carboxylic acid groups (broad SMARTS) is 1. The highest BCUT2D eigenvalue weighted by Gasteiger charge is 2.37. The van der Waals surface area contributed by atoms with Crippen molar-refractivity contribution in [3.8, 4) is 5.75 Å². The molecule has 0 radical (unpaired) electrons. The van der Waals surface area contributed by atoms with Gasteiger partial charge in [-0.05, 0) is 25.0 Å². The standard InChI is InChI=1S/C13H14F3NO5S/c14-13(15,16)22-10-5-1-2-6-11(10)23(20,21)17-7-3-4-9(8-17)12(18)19/h1-2,5-6,9H,3-4,7-8H2,(H,18,19)/t9-/m1/s1. The Balaban J connectivity index is 2.35. The molecule has 0 saturated carbocycles. The fourth-order valence-electron chi connectivity index (χ4n) is 2.37. The number of nitrogens with zero attached hydrogens (tertiary/aromatic N) is 1. The minimum Gasteiger partial charge on any atom is -0.481 e. The van der Waals surface area contributed by atoms with Crippen molar-refractivity contribution < 1.29 is 36.2 Å². The van der Waals surface area contributed by atoms with Gasteiger partial charge in [-0.2, -0.15) is 4.31 Å². The Labute approximate surface area is 130 Å². The molecule has 1 saturated heterocycles. The topological polar surface area (TPSA) is 83.9 Å². The van der Waals surface area contributed by atoms with E-state index in [4.69, 9.17) is 5.11 Å². The van der Waals surface area contributed by atoms with E-state index in [2.05, 4.69) is 4.74 Å². The molecule has 128 valence electrons. The van der Waals surface area contributed by atoms with E-state index in [1.165, 1.54) is 12.1 Å². The number of carboxylic acids is 1. The summed E-state index contributed by atoms with van der Waals surface area (Å²) in [5.74, 6) is -2.85. The van der Waals surface area contributed by atoms with Gasteiger partial charge >= 0.3 is 12.3 Å². The first-order valence-electron chi connectivity index (χ1n) is 6.69. The number of hydrogen-bond donors (Lipinski definition) is 1. The maximum Gasteiger partial charge on any atom is 0.573 e. The molecular weight excluding hydrogens is 339 g/mol. The lowest BCUT2D eigenvalue weighted by atomic mass is 10.0. The van der Waals surface area contributed by atoms with Crippen LogP contribution in [0.2, 0.25) is 0 Å². The number of halogens is 3. The maximum absolute atomic E-state index is 12.5. The largest absolute Gasteiger partial charge is 0.573 e. The van der Waals surface area contributed by atoms with E-state index in [0.29, 0.717) is 12.8 Å². The van der Waals surface area contributed by atoms with Crippen molar-refractivity contribution in [1.29, 1.82) is 0 Å². The number of alkyl halides is 3. The maximum atomic E-state index is 12.5. The van der Waals surface area contributed by atoms with Gasteiger partial charge in [-0.25, -0.2) is 8.42 Å². The molecule has 0 amide bonds. The highest BCUT2D eigenvalue weighted by atomic mass is 32.2. The van der Waals surface area contributed by atoms with Crippen LogP contribution in [-0.2, 0) is 14.8 Å². The fourth-order valence-corrected chi connectivity index (χ4v) is 4.01. The molecule has 1 aliphatic rings. The van der Waals surface area contributed by atoms with Gasteiger partial charge in [-0.1, -0.05) is 12.1 Å². The highest BCUT2D eigenvalue weighted by Crippen LogP contribution is 2.32. The van der Waals surface area contributed by atoms with Gasteiger partial charge in [0.2, 0.25) is 10.0 Å². The molecule has 1 aromatic carbocycles. The molecule has 10 heteroatoms. The van der Waals surface area contributed by atoms with Crippen LogP contribution in [0.15, 0.2) is 29.2 Å². The van der Waals surface area contributed by atoms with E-state index in [1.807, 2.05) is 0 Å². The van der Waals surface area contributed by atoms with Gasteiger partial charge in [0.15, 0.2) is 0 Å². The quantitative estimate of drug-likeness (QED) is 0.896. The van der Waals surface area contributed by atoms with Gasteiger partial charge in [0, 0.05) is 13.1 Å². The second kappa shape index (κ2) is 6.36. The molecule has 23 heavy (non-hydrogen) atoms. The van der Waals surface area contributed by atoms with E-state index in [-0.39, 0.29) is 13.1 Å². The van der Waals surface area contributed by atoms with Gasteiger partial charge in [-0.15, -0.1) is 13.2 Å². The van der Waals surface area contributed by atoms with E-state index in [9.17, 15) is 26.4 Å². The SMILES string of the molecule is O=C(O)[C@@H]1CCCN(S(=O)(=O)c2ccccc2OC(F)(F)F)C1. The first kappa shape index (κ1) is 17.5. The van der Waals surface area contributed by atoms with Crippen LogP contribution in [0.4, 0.5) is 13.2 Å². The Bertz CT molecular complexity index is 689. The molecule has 1 atom stereocenters. The summed E-state index contributed by atoms with van der Waals surface area (Å²) < 4.78 is 67.0. The van der Waals surface area contributed by atoms with Gasteiger partial charge < -0.3 is 9.84 Å². The number of ether oxygens (including phenoxy) is 1. The smallest absolute Gasteiger partial charge is 0.481 e. The van der Waals surface area contributed by atoms with Crippen molar-refractivity contribution in [3.05, 3.63) is 24.3 Å². The lowest BCUT2D eigenvalue weighted by Crippen LogP contribution is -2.42. The average Bonchev–Trinajstić information content (AvgIpc) is 2.46. The summed E-state index contributed by atoms with van der Waals surface area (Å²) in [5, 5.41) is 9.00. The number of piperidine rings is 1. The van der Waals surface area contributed by atoms with Gasteiger partial charge in [0.1, 0.15) is 10.6 Å². The minimum atomic E-state index is -5.03. The molecular formula is C13H14F3NO5S. The van der Waals surface area contributed by atoms with Crippen molar-refractivity contribution in [2.24, 2.45) is 5.92 Å². The minimum absolute atomic E-state index is 0.0481. The third-order valence-corrected chi connectivity index (χ3v) is 5.33. The zero-order valence-corrected chi connectivity index (χ0v) is 12.6. The molecule has 6 nitrogen and oxygen atoms in total. The van der Waals surface area contributed by atoms with E-state index < -0.39 is 38.9 Å². The second-order valence-electron chi connectivity index (χ2n) is 5.03. The second-order valence-corrected chi connectivity index (χ2v) is 6.94. The molecule has 0 spiro atoms. The van der Waals surface area contributed by atoms with Crippen LogP contribution in [0, 0.1) is 5.92 Å². The van der Waals surface area contributed by atoms with E-state index in [1.54, 1.807) is 0 Å². The van der Waals surface area contributed by atoms with E-state index >= 15 is 0 Å². The van der Waals surface area contributed by atoms with Crippen LogP contribution in [-0.4, -0.2) is 43.3 Å². The molecule has 2 rings (SSSR count). The Morgan fingerprint density at radius 1 is 1.30 bits per heavy atom. The molecule has 1 aliphatic heterocycles. The van der Waals surface area contributed by atoms with Crippen molar-refractivity contribution in [2.45, 2.75) is 24.1 Å². The number of carbonyl (C=O) groups is 1. The summed E-state index contributed by atoms with van der Waals surface area (Å²) in [6.07, 6.45) is -4.39. The molecule has 0 unspecified atom stereocenters. The number of benzene rings is 1. The van der Waals surface area contributed by atoms with Crippen LogP contribution in [0.1, 0.15) is 12.8 Å². The Kier molecular flexibility index (Phi) is 4.85. The summed E-state index contributed by atoms with van der Waals surface area (Å²) in [6, 6.07) is 4.39. The first-order chi connectivity index (χ1) is 10.6. The molecule has 0 aromatic heterocycles. The van der Waals surface area contributed by atoms with E-state index in [0.717, 1.165) is 16.4 Å². The van der Waals surface area contributed by atoms with Crippen LogP contribution < -0.4 is 4.74 Å². The summed E-state index contributed by atoms with van der Waals surface area (Å²) in [7, 11) is -4.29. The summed E-state index contributed by atoms with van der Waals surface area (Å²) in [4.78, 5) is 10.4. The van der Waals surface area contributed by atoms with Crippen molar-refractivity contribution in [2.75, 3.05) is 13.1 Å². The number of hydrogen-bond acceptors (Lipinski definition) is 4. The van der Waals surface area contributed by atoms with Crippen LogP contribution in [0.5, 0.6) is 5.75 Å². The third kappa shape index (κ3) is 4.14. The number of rotatable bonds is 4. The molecule has 1 heterocycles. The molecule has 1 fully saturated rings. The van der Waals surface area contributed by atoms with Crippen molar-refractivity contribution in [3.63, 3.8) is 0 Å². The van der Waals surface area contributed by atoms with Crippen LogP contribution >= 0.6 is 0 Å². The monoisotopic (exact) mass is 353 g/mol. The molecule has 0 aliphatic carbocycles. The zero-order chi connectivity index (χ0) is 17.3. The third-order valence-electron chi connectivity index (χ3n) is 3.43. The predicted octanol–water partition coefficient (Wildman–Crippen LogP) is 2.07. The van der Waals surface area contributed by atoms with Crippen LogP contribution in [0.3, 0.4) is 0 Å². The number of para-hydroxylation sites is 1. The van der Waals surface area contributed by atoms with Gasteiger partial charge in [0.05, 0.1) is 5.92 Å². The predicted molar refractivity (Wildman–Crippen MR) is 72.2 cm³/mol. The fraction of sp³-hybridized carbons (Fsp3) is 0.462. The normalized spacial score (nSPS) is 20.2. The molecule has 0 bridgehead atoms. The number of sulfonamides is 1. The lowest BCUT2D eigenvalue weighted by Gasteiger charge is -2.30. The number of aliphatic carboxylic acids is 1. The molecule has 1 aromatic rings. The van der Waals surface area contributed by atoms with Crippen LogP contribution in [0.25, 0.3) is 0 Å². The van der Waals surface area contributed by atoms with Gasteiger partial charge in [0.25, 0.3) is 0 Å². The molecule has 1 N–H and O–H groups in total. The average molecular weight is 353 g/mol. The van der Waals surface area contributed by atoms with Crippen molar-refractivity contribution >= 4 is 16.0 Å². The summed E-state index contributed by atoms with van der Waals surface area (Å²) in [6.45, 7) is -0.232. The summed E-state index contributed by atoms with van der Waals surface area (Å²) >= 11 is 0. The lowest BCUT2D eigenvalue weighted by molar-refractivity contribution is -0.275. The highest BCUT2D eigenvalue weighted by molar-refractivity contribution is 7.89. The Morgan fingerprint density at radius 2 is 1.96 bits per heavy atom. The van der Waals surface area contributed by atoms with Crippen molar-refractivity contribution in [1.82, 2.24) is 4.31 Å². The van der Waals surface area contributed by atoms with Gasteiger partial charge in [-0.3, -0.25) is 4.79 Å². The zero-order valence-electron chi connectivity index (χ0n) is 11.8. The first-order valence-corrected chi connectivity index (χ1v) is 8.13. The Morgan fingerprint density at radius 3 is 2.57 bits per heavy atom.